The normalized spacial score (nSPS) is 18.9. The number of hydrogen-bond acceptors (Lipinski definition) is 8. The molecule has 0 N–H and O–H groups in total. The van der Waals surface area contributed by atoms with E-state index in [2.05, 4.69) is 0 Å². The Morgan fingerprint density at radius 2 is 0.727 bits per heavy atom. The Kier molecular flexibility index (Phi) is 7.10. The van der Waals surface area contributed by atoms with Gasteiger partial charge in [0.2, 0.25) is 0 Å². The summed E-state index contributed by atoms with van der Waals surface area (Å²) in [4.78, 5) is 56.2. The summed E-state index contributed by atoms with van der Waals surface area (Å²) in [7, 11) is 0. The van der Waals surface area contributed by atoms with E-state index in [4.69, 9.17) is 12.3 Å². The first-order chi connectivity index (χ1) is 16.0. The van der Waals surface area contributed by atoms with Crippen molar-refractivity contribution >= 4 is 44.4 Å². The summed E-state index contributed by atoms with van der Waals surface area (Å²) < 4.78 is 21.9. The molecule has 12 nitrogen and oxygen atoms in total. The van der Waals surface area contributed by atoms with Gasteiger partial charge in [0, 0.05) is 0 Å². The molecule has 13 heteroatoms. The average molecular weight is 567 g/mol. The molecule has 0 aliphatic carbocycles. The number of nitrogens with zero attached hydrogens (tertiary/aromatic N) is 4. The molecule has 0 aromatic heterocycles. The summed E-state index contributed by atoms with van der Waals surface area (Å²) >= 11 is -6.01. The molecule has 0 spiro atoms. The molecule has 0 unspecified atom stereocenters. The van der Waals surface area contributed by atoms with Gasteiger partial charge in [-0.15, -0.1) is 0 Å². The fourth-order valence-electron chi connectivity index (χ4n) is 3.36. The van der Waals surface area contributed by atoms with E-state index in [9.17, 15) is 19.2 Å². The van der Waals surface area contributed by atoms with E-state index < -0.39 is 44.4 Å². The van der Waals surface area contributed by atoms with Crippen LogP contribution in [-0.4, -0.2) is 90.2 Å². The first kappa shape index (κ1) is 23.0. The van der Waals surface area contributed by atoms with Crippen LogP contribution in [0, 0.1) is 0 Å². The molecule has 176 valence electrons. The molecule has 4 amide bonds. The van der Waals surface area contributed by atoms with Crippen LogP contribution < -0.4 is 0 Å². The zero-order valence-electron chi connectivity index (χ0n) is 17.8. The quantitative estimate of drug-likeness (QED) is 0.477. The standard InChI is InChI=1S/4C5H7NO2.Sn/c4*7-5(8)6-3-1-2-4-6;/h4*1,3H,2,4H2,(H,7,8);/q;;;;+4/p-4. The van der Waals surface area contributed by atoms with Gasteiger partial charge in [0.05, 0.1) is 0 Å². The molecule has 4 aliphatic heterocycles. The van der Waals surface area contributed by atoms with Crippen LogP contribution in [0.4, 0.5) is 19.2 Å². The second kappa shape index (κ2) is 10.2. The Morgan fingerprint density at radius 1 is 0.485 bits per heavy atom. The van der Waals surface area contributed by atoms with Crippen LogP contribution in [0.2, 0.25) is 0 Å². The minimum absolute atomic E-state index is 0.329. The fourth-order valence-corrected chi connectivity index (χ4v) is 7.85. The number of carbonyl (C=O) groups is 4. The third-order valence-electron chi connectivity index (χ3n) is 5.08. The molecule has 33 heavy (non-hydrogen) atoms. The average Bonchev–Trinajstić information content (AvgIpc) is 3.61. The van der Waals surface area contributed by atoms with E-state index in [1.165, 1.54) is 44.4 Å². The topological polar surface area (TPSA) is 118 Å². The molecular formula is C20H24N4O8Sn. The monoisotopic (exact) mass is 568 g/mol. The van der Waals surface area contributed by atoms with Gasteiger partial charge in [-0.3, -0.25) is 0 Å². The Labute approximate surface area is 196 Å². The van der Waals surface area contributed by atoms with Gasteiger partial charge >= 0.3 is 196 Å². The van der Waals surface area contributed by atoms with Crippen molar-refractivity contribution in [3.8, 4) is 0 Å². The van der Waals surface area contributed by atoms with Gasteiger partial charge < -0.3 is 0 Å². The van der Waals surface area contributed by atoms with Gasteiger partial charge in [-0.2, -0.15) is 0 Å². The van der Waals surface area contributed by atoms with Gasteiger partial charge in [-0.25, -0.2) is 0 Å². The molecule has 0 saturated heterocycles. The molecule has 0 saturated carbocycles. The van der Waals surface area contributed by atoms with Crippen molar-refractivity contribution < 1.29 is 31.5 Å². The SMILES string of the molecule is O=C([O][Sn]([O]C(=O)N1C=CCC1)([O]C(=O)N1C=CCC1)[O]C(=O)N1C=CCC1)N1C=CCC1. The zero-order chi connectivity index (χ0) is 23.3. The van der Waals surface area contributed by atoms with Crippen molar-refractivity contribution in [1.82, 2.24) is 19.6 Å². The Balaban J connectivity index is 1.61. The van der Waals surface area contributed by atoms with Crippen molar-refractivity contribution in [1.29, 1.82) is 0 Å². The molecular weight excluding hydrogens is 543 g/mol. The molecule has 0 aromatic rings. The summed E-state index contributed by atoms with van der Waals surface area (Å²) in [5.41, 5.74) is 0. The molecule has 4 rings (SSSR count). The number of amides is 4. The van der Waals surface area contributed by atoms with Crippen LogP contribution in [0.1, 0.15) is 25.7 Å². The van der Waals surface area contributed by atoms with Crippen LogP contribution in [-0.2, 0) is 12.3 Å². The van der Waals surface area contributed by atoms with Gasteiger partial charge in [0.15, 0.2) is 0 Å². The fraction of sp³-hybridized carbons (Fsp3) is 0.400. The van der Waals surface area contributed by atoms with Gasteiger partial charge in [0.1, 0.15) is 0 Å². The first-order valence-corrected chi connectivity index (χ1v) is 15.3. The zero-order valence-corrected chi connectivity index (χ0v) is 20.7. The predicted octanol–water partition coefficient (Wildman–Crippen LogP) is 2.85. The summed E-state index contributed by atoms with van der Waals surface area (Å²) in [5.74, 6) is 0. The molecule has 4 aliphatic rings. The third kappa shape index (κ3) is 5.61. The Hall–Kier alpha value is -3.16. The van der Waals surface area contributed by atoms with E-state index in [1.807, 2.05) is 0 Å². The number of rotatable bonds is 4. The van der Waals surface area contributed by atoms with Crippen LogP contribution in [0.15, 0.2) is 49.1 Å². The van der Waals surface area contributed by atoms with Gasteiger partial charge in [-0.05, 0) is 0 Å². The maximum atomic E-state index is 12.8. The number of hydrogen-bond donors (Lipinski definition) is 0. The Bertz CT molecular complexity index is 784. The van der Waals surface area contributed by atoms with Crippen molar-refractivity contribution in [3.05, 3.63) is 49.1 Å². The predicted molar refractivity (Wildman–Crippen MR) is 114 cm³/mol. The summed E-state index contributed by atoms with van der Waals surface area (Å²) in [6.07, 6.45) is 11.7. The molecule has 0 radical (unpaired) electrons. The molecule has 0 bridgehead atoms. The van der Waals surface area contributed by atoms with E-state index in [0.29, 0.717) is 51.9 Å². The molecule has 4 heterocycles. The van der Waals surface area contributed by atoms with E-state index >= 15 is 0 Å². The Morgan fingerprint density at radius 3 is 0.909 bits per heavy atom. The van der Waals surface area contributed by atoms with Crippen molar-refractivity contribution in [2.75, 3.05) is 26.2 Å². The maximum absolute atomic E-state index is 12.8. The summed E-state index contributed by atoms with van der Waals surface area (Å²) in [6.45, 7) is 1.31. The van der Waals surface area contributed by atoms with Crippen molar-refractivity contribution in [3.63, 3.8) is 0 Å². The van der Waals surface area contributed by atoms with Crippen molar-refractivity contribution in [2.45, 2.75) is 25.7 Å². The third-order valence-corrected chi connectivity index (χ3v) is 9.92. The van der Waals surface area contributed by atoms with E-state index in [-0.39, 0.29) is 0 Å². The first-order valence-electron chi connectivity index (χ1n) is 10.6. The van der Waals surface area contributed by atoms with Gasteiger partial charge in [-0.1, -0.05) is 0 Å². The van der Waals surface area contributed by atoms with Crippen LogP contribution in [0.5, 0.6) is 0 Å². The van der Waals surface area contributed by atoms with Crippen LogP contribution >= 0.6 is 0 Å². The van der Waals surface area contributed by atoms with Gasteiger partial charge in [0.25, 0.3) is 0 Å². The van der Waals surface area contributed by atoms with Crippen LogP contribution in [0.3, 0.4) is 0 Å². The molecule has 0 atom stereocenters. The van der Waals surface area contributed by atoms with Crippen LogP contribution in [0.25, 0.3) is 0 Å². The number of carbonyl (C=O) groups excluding carboxylic acids is 4. The molecule has 0 aromatic carbocycles. The minimum atomic E-state index is -6.01. The summed E-state index contributed by atoms with van der Waals surface area (Å²) in [5, 5.41) is 0. The van der Waals surface area contributed by atoms with Crippen molar-refractivity contribution in [2.24, 2.45) is 0 Å². The second-order valence-electron chi connectivity index (χ2n) is 7.44. The second-order valence-corrected chi connectivity index (χ2v) is 12.6. The van der Waals surface area contributed by atoms with E-state index in [1.54, 1.807) is 24.3 Å². The summed E-state index contributed by atoms with van der Waals surface area (Å²) in [6, 6.07) is 0. The van der Waals surface area contributed by atoms with E-state index in [0.717, 1.165) is 0 Å². The molecule has 0 fully saturated rings.